The second kappa shape index (κ2) is 4.78. The van der Waals surface area contributed by atoms with Crippen LogP contribution < -0.4 is 0 Å². The Morgan fingerprint density at radius 2 is 2.20 bits per heavy atom. The van der Waals surface area contributed by atoms with Crippen LogP contribution in [-0.4, -0.2) is 72.5 Å². The maximum atomic E-state index is 9.40. The van der Waals surface area contributed by atoms with E-state index in [9.17, 15) is 5.11 Å². The van der Waals surface area contributed by atoms with Gasteiger partial charge in [-0.05, 0) is 13.8 Å². The summed E-state index contributed by atoms with van der Waals surface area (Å²) in [6.45, 7) is 9.39. The summed E-state index contributed by atoms with van der Waals surface area (Å²) in [4.78, 5) is 4.86. The molecule has 2 fully saturated rings. The zero-order valence-corrected chi connectivity index (χ0v) is 9.72. The van der Waals surface area contributed by atoms with E-state index in [2.05, 4.69) is 23.6 Å². The smallest absolute Gasteiger partial charge is 0.0634 e. The third-order valence-electron chi connectivity index (χ3n) is 3.56. The molecule has 2 rings (SSSR count). The molecule has 2 aliphatic rings. The normalized spacial score (nSPS) is 34.4. The summed E-state index contributed by atoms with van der Waals surface area (Å²) < 4.78 is 5.51. The monoisotopic (exact) mass is 214 g/mol. The summed E-state index contributed by atoms with van der Waals surface area (Å²) >= 11 is 0. The average Bonchev–Trinajstić information content (AvgIpc) is 2.27. The fourth-order valence-electron chi connectivity index (χ4n) is 2.66. The number of aliphatic hydroxyl groups is 1. The van der Waals surface area contributed by atoms with E-state index in [1.54, 1.807) is 0 Å². The van der Waals surface area contributed by atoms with Crippen molar-refractivity contribution in [2.75, 3.05) is 39.5 Å². The number of ether oxygens (including phenoxy) is 1. The molecule has 15 heavy (non-hydrogen) atoms. The number of morpholine rings is 1. The van der Waals surface area contributed by atoms with Gasteiger partial charge < -0.3 is 9.84 Å². The summed E-state index contributed by atoms with van der Waals surface area (Å²) in [6.07, 6.45) is 0. The van der Waals surface area contributed by atoms with Gasteiger partial charge in [0.2, 0.25) is 0 Å². The van der Waals surface area contributed by atoms with Crippen molar-refractivity contribution in [3.8, 4) is 0 Å². The van der Waals surface area contributed by atoms with Crippen LogP contribution in [-0.2, 0) is 4.74 Å². The number of piperazine rings is 1. The minimum Gasteiger partial charge on any atom is -0.395 e. The first-order valence-electron chi connectivity index (χ1n) is 5.90. The molecular weight excluding hydrogens is 192 g/mol. The van der Waals surface area contributed by atoms with Crippen molar-refractivity contribution in [2.45, 2.75) is 32.0 Å². The van der Waals surface area contributed by atoms with Gasteiger partial charge in [-0.2, -0.15) is 0 Å². The minimum atomic E-state index is 0.266. The van der Waals surface area contributed by atoms with Gasteiger partial charge in [0, 0.05) is 37.8 Å². The summed E-state index contributed by atoms with van der Waals surface area (Å²) in [7, 11) is 0. The van der Waals surface area contributed by atoms with E-state index >= 15 is 0 Å². The zero-order valence-electron chi connectivity index (χ0n) is 9.72. The molecule has 2 aliphatic heterocycles. The SMILES string of the molecule is CC(C)N1C[C@@H]2COCCN2C[C@@H]1CO. The number of hydrogen-bond acceptors (Lipinski definition) is 4. The van der Waals surface area contributed by atoms with Crippen LogP contribution >= 0.6 is 0 Å². The molecular formula is C11H22N2O2. The van der Waals surface area contributed by atoms with Crippen molar-refractivity contribution in [1.29, 1.82) is 0 Å². The molecule has 0 bridgehead atoms. The molecule has 4 nitrogen and oxygen atoms in total. The molecule has 0 unspecified atom stereocenters. The predicted molar refractivity (Wildman–Crippen MR) is 58.9 cm³/mol. The quantitative estimate of drug-likeness (QED) is 0.689. The molecule has 4 heteroatoms. The lowest BCUT2D eigenvalue weighted by molar-refractivity contribution is -0.0796. The van der Waals surface area contributed by atoms with Crippen LogP contribution in [0.3, 0.4) is 0 Å². The van der Waals surface area contributed by atoms with E-state index in [0.29, 0.717) is 18.1 Å². The number of nitrogens with zero attached hydrogens (tertiary/aromatic N) is 2. The van der Waals surface area contributed by atoms with Gasteiger partial charge in [0.05, 0.1) is 19.8 Å². The molecule has 0 aromatic carbocycles. The van der Waals surface area contributed by atoms with Gasteiger partial charge >= 0.3 is 0 Å². The van der Waals surface area contributed by atoms with E-state index in [4.69, 9.17) is 4.74 Å². The van der Waals surface area contributed by atoms with Gasteiger partial charge in [-0.1, -0.05) is 0 Å². The largest absolute Gasteiger partial charge is 0.395 e. The molecule has 0 aliphatic carbocycles. The molecule has 0 aromatic heterocycles. The summed E-state index contributed by atoms with van der Waals surface area (Å²) in [6, 6.07) is 1.34. The summed E-state index contributed by atoms with van der Waals surface area (Å²) in [5.41, 5.74) is 0. The fraction of sp³-hybridized carbons (Fsp3) is 1.00. The summed E-state index contributed by atoms with van der Waals surface area (Å²) in [5, 5.41) is 9.40. The highest BCUT2D eigenvalue weighted by molar-refractivity contribution is 4.91. The third kappa shape index (κ3) is 2.33. The maximum absolute atomic E-state index is 9.40. The molecule has 0 amide bonds. The first kappa shape index (κ1) is 11.3. The van der Waals surface area contributed by atoms with E-state index in [1.807, 2.05) is 0 Å². The molecule has 1 N–H and O–H groups in total. The minimum absolute atomic E-state index is 0.266. The molecule has 88 valence electrons. The van der Waals surface area contributed by atoms with Crippen LogP contribution in [0.2, 0.25) is 0 Å². The highest BCUT2D eigenvalue weighted by atomic mass is 16.5. The third-order valence-corrected chi connectivity index (χ3v) is 3.56. The number of fused-ring (bicyclic) bond motifs is 1. The van der Waals surface area contributed by atoms with Gasteiger partial charge in [-0.15, -0.1) is 0 Å². The highest BCUT2D eigenvalue weighted by Gasteiger charge is 2.35. The Balaban J connectivity index is 2.02. The lowest BCUT2D eigenvalue weighted by Gasteiger charge is -2.49. The number of aliphatic hydroxyl groups excluding tert-OH is 1. The van der Waals surface area contributed by atoms with Crippen molar-refractivity contribution in [2.24, 2.45) is 0 Å². The summed E-state index contributed by atoms with van der Waals surface area (Å²) in [5.74, 6) is 0. The second-order valence-corrected chi connectivity index (χ2v) is 4.85. The van der Waals surface area contributed by atoms with Gasteiger partial charge in [-0.3, -0.25) is 9.80 Å². The highest BCUT2D eigenvalue weighted by Crippen LogP contribution is 2.20. The topological polar surface area (TPSA) is 35.9 Å². The van der Waals surface area contributed by atoms with E-state index in [-0.39, 0.29) is 6.61 Å². The fourth-order valence-corrected chi connectivity index (χ4v) is 2.66. The lowest BCUT2D eigenvalue weighted by atomic mass is 10.0. The van der Waals surface area contributed by atoms with E-state index in [0.717, 1.165) is 32.8 Å². The molecule has 0 radical (unpaired) electrons. The Labute approximate surface area is 91.8 Å². The van der Waals surface area contributed by atoms with Gasteiger partial charge in [-0.25, -0.2) is 0 Å². The van der Waals surface area contributed by atoms with Crippen LogP contribution in [0, 0.1) is 0 Å². The molecule has 0 spiro atoms. The van der Waals surface area contributed by atoms with Crippen molar-refractivity contribution in [3.63, 3.8) is 0 Å². The lowest BCUT2D eigenvalue weighted by Crippen LogP contribution is -2.64. The van der Waals surface area contributed by atoms with Crippen LogP contribution in [0.1, 0.15) is 13.8 Å². The zero-order chi connectivity index (χ0) is 10.8. The average molecular weight is 214 g/mol. The molecule has 0 aromatic rings. The number of hydrogen-bond donors (Lipinski definition) is 1. The Morgan fingerprint density at radius 3 is 2.87 bits per heavy atom. The van der Waals surface area contributed by atoms with Crippen LogP contribution in [0.5, 0.6) is 0 Å². The first-order valence-corrected chi connectivity index (χ1v) is 5.90. The molecule has 2 saturated heterocycles. The van der Waals surface area contributed by atoms with Gasteiger partial charge in [0.25, 0.3) is 0 Å². The Hall–Kier alpha value is -0.160. The van der Waals surface area contributed by atoms with Crippen molar-refractivity contribution in [3.05, 3.63) is 0 Å². The van der Waals surface area contributed by atoms with E-state index < -0.39 is 0 Å². The predicted octanol–water partition coefficient (Wildman–Crippen LogP) is -0.228. The Morgan fingerprint density at radius 1 is 1.40 bits per heavy atom. The molecule has 2 atom stereocenters. The second-order valence-electron chi connectivity index (χ2n) is 4.85. The Kier molecular flexibility index (Phi) is 3.61. The van der Waals surface area contributed by atoms with Crippen molar-refractivity contribution >= 4 is 0 Å². The maximum Gasteiger partial charge on any atom is 0.0634 e. The molecule has 2 heterocycles. The van der Waals surface area contributed by atoms with Crippen molar-refractivity contribution in [1.82, 2.24) is 9.80 Å². The molecule has 0 saturated carbocycles. The van der Waals surface area contributed by atoms with Crippen LogP contribution in [0.4, 0.5) is 0 Å². The van der Waals surface area contributed by atoms with E-state index in [1.165, 1.54) is 0 Å². The van der Waals surface area contributed by atoms with Gasteiger partial charge in [0.15, 0.2) is 0 Å². The van der Waals surface area contributed by atoms with Crippen LogP contribution in [0.15, 0.2) is 0 Å². The first-order chi connectivity index (χ1) is 7.22. The Bertz CT molecular complexity index is 211. The van der Waals surface area contributed by atoms with Gasteiger partial charge in [0.1, 0.15) is 0 Å². The standard InChI is InChI=1S/C11H22N2O2/c1-9(2)13-6-11-8-15-4-3-12(11)5-10(13)7-14/h9-11,14H,3-8H2,1-2H3/t10-,11-/m1/s1. The van der Waals surface area contributed by atoms with Crippen molar-refractivity contribution < 1.29 is 9.84 Å². The number of rotatable bonds is 2. The van der Waals surface area contributed by atoms with Crippen LogP contribution in [0.25, 0.3) is 0 Å².